The molecule has 0 bridgehead atoms. The summed E-state index contributed by atoms with van der Waals surface area (Å²) < 4.78 is 7.11. The first-order valence-corrected chi connectivity index (χ1v) is 8.55. The van der Waals surface area contributed by atoms with Crippen LogP contribution in [-0.4, -0.2) is 13.7 Å². The third-order valence-corrected chi connectivity index (χ3v) is 5.14. The highest BCUT2D eigenvalue weighted by Gasteiger charge is 2.18. The van der Waals surface area contributed by atoms with Crippen molar-refractivity contribution >= 4 is 43.5 Å². The highest BCUT2D eigenvalue weighted by Crippen LogP contribution is 2.35. The van der Waals surface area contributed by atoms with E-state index in [4.69, 9.17) is 16.3 Å². The van der Waals surface area contributed by atoms with Crippen LogP contribution in [0.1, 0.15) is 24.1 Å². The van der Waals surface area contributed by atoms with Crippen LogP contribution < -0.4 is 10.1 Å². The van der Waals surface area contributed by atoms with Crippen molar-refractivity contribution in [3.05, 3.63) is 61.5 Å². The fraction of sp³-hybridized carbons (Fsp3) is 0.250. The molecule has 0 amide bonds. The predicted molar refractivity (Wildman–Crippen MR) is 95.4 cm³/mol. The van der Waals surface area contributed by atoms with E-state index < -0.39 is 0 Å². The molecule has 0 heterocycles. The van der Waals surface area contributed by atoms with Gasteiger partial charge in [0.2, 0.25) is 0 Å². The molecule has 112 valence electrons. The fourth-order valence-corrected chi connectivity index (χ4v) is 3.39. The molecule has 0 saturated heterocycles. The van der Waals surface area contributed by atoms with Gasteiger partial charge in [-0.25, -0.2) is 0 Å². The lowest BCUT2D eigenvalue weighted by Gasteiger charge is -2.21. The van der Waals surface area contributed by atoms with Crippen molar-refractivity contribution in [3.63, 3.8) is 0 Å². The van der Waals surface area contributed by atoms with Crippen LogP contribution in [0.15, 0.2) is 45.3 Å². The average Bonchev–Trinajstić information content (AvgIpc) is 2.48. The molecule has 0 radical (unpaired) electrons. The molecule has 1 N–H and O–H groups in total. The first kappa shape index (κ1) is 16.8. The van der Waals surface area contributed by atoms with Crippen molar-refractivity contribution in [2.75, 3.05) is 13.7 Å². The molecule has 2 rings (SSSR count). The maximum atomic E-state index is 6.45. The van der Waals surface area contributed by atoms with Gasteiger partial charge in [-0.05, 0) is 67.7 Å². The Morgan fingerprint density at radius 2 is 1.95 bits per heavy atom. The Balaban J connectivity index is 2.48. The maximum absolute atomic E-state index is 6.45. The van der Waals surface area contributed by atoms with Gasteiger partial charge < -0.3 is 10.1 Å². The molecule has 1 atom stereocenters. The first-order valence-electron chi connectivity index (χ1n) is 6.59. The zero-order chi connectivity index (χ0) is 15.4. The molecule has 2 aromatic rings. The molecule has 0 spiro atoms. The van der Waals surface area contributed by atoms with Gasteiger partial charge in [-0.3, -0.25) is 0 Å². The average molecular weight is 434 g/mol. The van der Waals surface area contributed by atoms with Gasteiger partial charge in [0.25, 0.3) is 0 Å². The summed E-state index contributed by atoms with van der Waals surface area (Å²) in [5.74, 6) is 0.814. The van der Waals surface area contributed by atoms with Crippen LogP contribution in [0.2, 0.25) is 5.02 Å². The Morgan fingerprint density at radius 1 is 1.19 bits per heavy atom. The smallest absolute Gasteiger partial charge is 0.133 e. The largest absolute Gasteiger partial charge is 0.496 e. The van der Waals surface area contributed by atoms with E-state index in [-0.39, 0.29) is 6.04 Å². The highest BCUT2D eigenvalue weighted by atomic mass is 79.9. The molecule has 0 aliphatic heterocycles. The van der Waals surface area contributed by atoms with E-state index in [0.29, 0.717) is 0 Å². The van der Waals surface area contributed by atoms with Crippen molar-refractivity contribution in [3.8, 4) is 5.75 Å². The summed E-state index contributed by atoms with van der Waals surface area (Å²) in [6.45, 7) is 2.93. The number of ether oxygens (including phenoxy) is 1. The van der Waals surface area contributed by atoms with E-state index in [9.17, 15) is 0 Å². The predicted octanol–water partition coefficient (Wildman–Crippen LogP) is 5.57. The Bertz CT molecular complexity index is 634. The summed E-state index contributed by atoms with van der Waals surface area (Å²) in [5.41, 5.74) is 2.18. The summed E-state index contributed by atoms with van der Waals surface area (Å²) in [4.78, 5) is 0. The summed E-state index contributed by atoms with van der Waals surface area (Å²) >= 11 is 13.5. The monoisotopic (exact) mass is 431 g/mol. The third kappa shape index (κ3) is 3.81. The van der Waals surface area contributed by atoms with E-state index in [2.05, 4.69) is 50.2 Å². The first-order chi connectivity index (χ1) is 10.1. The van der Waals surface area contributed by atoms with E-state index in [0.717, 1.165) is 37.4 Å². The lowest BCUT2D eigenvalue weighted by Crippen LogP contribution is -2.22. The highest BCUT2D eigenvalue weighted by molar-refractivity contribution is 9.10. The van der Waals surface area contributed by atoms with Crippen LogP contribution in [0.25, 0.3) is 0 Å². The molecule has 0 fully saturated rings. The topological polar surface area (TPSA) is 21.3 Å². The quantitative estimate of drug-likeness (QED) is 0.665. The molecule has 2 aromatic carbocycles. The van der Waals surface area contributed by atoms with Crippen LogP contribution >= 0.6 is 43.5 Å². The molecule has 0 saturated carbocycles. The molecule has 0 aliphatic rings. The number of halogens is 3. The minimum absolute atomic E-state index is 0.0298. The number of rotatable bonds is 5. The summed E-state index contributed by atoms with van der Waals surface area (Å²) in [7, 11) is 1.66. The van der Waals surface area contributed by atoms with Crippen LogP contribution in [0.3, 0.4) is 0 Å². The van der Waals surface area contributed by atoms with Crippen LogP contribution in [0, 0.1) is 0 Å². The van der Waals surface area contributed by atoms with Crippen LogP contribution in [-0.2, 0) is 0 Å². The molecule has 0 aliphatic carbocycles. The molecule has 1 unspecified atom stereocenters. The van der Waals surface area contributed by atoms with Crippen molar-refractivity contribution < 1.29 is 4.74 Å². The van der Waals surface area contributed by atoms with Crippen molar-refractivity contribution in [2.45, 2.75) is 13.0 Å². The minimum atomic E-state index is 0.0298. The van der Waals surface area contributed by atoms with E-state index in [1.165, 1.54) is 0 Å². The second-order valence-electron chi connectivity index (χ2n) is 4.53. The number of hydrogen-bond acceptors (Lipinski definition) is 2. The van der Waals surface area contributed by atoms with Gasteiger partial charge in [0.15, 0.2) is 0 Å². The molecular weight excluding hydrogens is 417 g/mol. The molecule has 21 heavy (non-hydrogen) atoms. The fourth-order valence-electron chi connectivity index (χ4n) is 2.22. The Kier molecular flexibility index (Phi) is 6.11. The second-order valence-corrected chi connectivity index (χ2v) is 6.61. The Morgan fingerprint density at radius 3 is 2.57 bits per heavy atom. The SMILES string of the molecule is CCNC(c1ccc(OC)c(Br)c1)c1cccc(Br)c1Cl. The van der Waals surface area contributed by atoms with Gasteiger partial charge in [0, 0.05) is 4.47 Å². The number of methoxy groups -OCH3 is 1. The number of nitrogens with one attached hydrogen (secondary N) is 1. The van der Waals surface area contributed by atoms with Gasteiger partial charge in [-0.1, -0.05) is 36.7 Å². The Hall–Kier alpha value is -0.550. The molecule has 0 aromatic heterocycles. The van der Waals surface area contributed by atoms with E-state index >= 15 is 0 Å². The Labute approximate surface area is 147 Å². The van der Waals surface area contributed by atoms with Gasteiger partial charge >= 0.3 is 0 Å². The number of hydrogen-bond donors (Lipinski definition) is 1. The van der Waals surface area contributed by atoms with Crippen molar-refractivity contribution in [2.24, 2.45) is 0 Å². The van der Waals surface area contributed by atoms with Gasteiger partial charge in [0.05, 0.1) is 22.6 Å². The van der Waals surface area contributed by atoms with E-state index in [1.807, 2.05) is 30.3 Å². The van der Waals surface area contributed by atoms with Gasteiger partial charge in [0.1, 0.15) is 5.75 Å². The lowest BCUT2D eigenvalue weighted by atomic mass is 9.98. The maximum Gasteiger partial charge on any atom is 0.133 e. The zero-order valence-corrected chi connectivity index (χ0v) is 15.7. The third-order valence-electron chi connectivity index (χ3n) is 3.21. The summed E-state index contributed by atoms with van der Waals surface area (Å²) in [6, 6.07) is 12.1. The van der Waals surface area contributed by atoms with E-state index in [1.54, 1.807) is 7.11 Å². The van der Waals surface area contributed by atoms with Crippen LogP contribution in [0.4, 0.5) is 0 Å². The summed E-state index contributed by atoms with van der Waals surface area (Å²) in [5, 5.41) is 4.21. The lowest BCUT2D eigenvalue weighted by molar-refractivity contribution is 0.412. The normalized spacial score (nSPS) is 12.2. The van der Waals surface area contributed by atoms with Crippen LogP contribution in [0.5, 0.6) is 5.75 Å². The van der Waals surface area contributed by atoms with Crippen molar-refractivity contribution in [1.82, 2.24) is 5.32 Å². The zero-order valence-electron chi connectivity index (χ0n) is 11.8. The molecular formula is C16H16Br2ClNO. The minimum Gasteiger partial charge on any atom is -0.496 e. The standard InChI is InChI=1S/C16H16Br2ClNO/c1-3-20-16(11-5-4-6-12(17)15(11)19)10-7-8-14(21-2)13(18)9-10/h4-9,16,20H,3H2,1-2H3. The van der Waals surface area contributed by atoms with Crippen molar-refractivity contribution in [1.29, 1.82) is 0 Å². The summed E-state index contributed by atoms with van der Waals surface area (Å²) in [6.07, 6.45) is 0. The van der Waals surface area contributed by atoms with Gasteiger partial charge in [-0.15, -0.1) is 0 Å². The van der Waals surface area contributed by atoms with Gasteiger partial charge in [-0.2, -0.15) is 0 Å². The number of benzene rings is 2. The second kappa shape index (κ2) is 7.63. The molecule has 5 heteroatoms. The molecule has 2 nitrogen and oxygen atoms in total.